The minimum Gasteiger partial charge on any atom is -0.479 e. The maximum atomic E-state index is 11.5. The van der Waals surface area contributed by atoms with Gasteiger partial charge in [0, 0.05) is 6.42 Å². The van der Waals surface area contributed by atoms with E-state index in [9.17, 15) is 9.59 Å². The molecule has 18 heavy (non-hydrogen) atoms. The number of hydrogen-bond donors (Lipinski definition) is 1. The first-order chi connectivity index (χ1) is 8.66. The quantitative estimate of drug-likeness (QED) is 0.578. The lowest BCUT2D eigenvalue weighted by atomic mass is 9.90. The number of aliphatic carboxylic acids is 1. The number of carboxylic acid groups (broad SMARTS) is 1. The van der Waals surface area contributed by atoms with E-state index < -0.39 is 12.1 Å². The number of hydrogen-bond acceptors (Lipinski definition) is 4. The second kappa shape index (κ2) is 6.18. The van der Waals surface area contributed by atoms with Crippen LogP contribution >= 0.6 is 0 Å². The summed E-state index contributed by atoms with van der Waals surface area (Å²) in [6.07, 6.45) is 5.75. The van der Waals surface area contributed by atoms with Crippen LogP contribution in [0.3, 0.4) is 0 Å². The Hall–Kier alpha value is -1.10. The van der Waals surface area contributed by atoms with Crippen molar-refractivity contribution in [1.29, 1.82) is 0 Å². The summed E-state index contributed by atoms with van der Waals surface area (Å²) in [6, 6.07) is 0. The summed E-state index contributed by atoms with van der Waals surface area (Å²) in [7, 11) is 0. The topological polar surface area (TPSA) is 76.1 Å². The van der Waals surface area contributed by atoms with Crippen LogP contribution in [-0.4, -0.2) is 35.9 Å². The van der Waals surface area contributed by atoms with Crippen LogP contribution in [-0.2, 0) is 19.1 Å². The molecule has 1 aliphatic heterocycles. The van der Waals surface area contributed by atoms with Crippen molar-refractivity contribution in [3.63, 3.8) is 0 Å². The van der Waals surface area contributed by atoms with Crippen molar-refractivity contribution in [2.75, 3.05) is 6.61 Å². The molecule has 5 heteroatoms. The lowest BCUT2D eigenvalue weighted by Crippen LogP contribution is -2.17. The van der Waals surface area contributed by atoms with Crippen LogP contribution in [0.5, 0.6) is 0 Å². The molecule has 1 heterocycles. The normalized spacial score (nSPS) is 27.8. The van der Waals surface area contributed by atoms with Gasteiger partial charge in [-0.05, 0) is 25.2 Å². The van der Waals surface area contributed by atoms with Crippen molar-refractivity contribution >= 4 is 11.9 Å². The van der Waals surface area contributed by atoms with Gasteiger partial charge in [0.05, 0.1) is 12.7 Å². The van der Waals surface area contributed by atoms with Gasteiger partial charge in [0.1, 0.15) is 0 Å². The predicted octanol–water partition coefficient (Wildman–Crippen LogP) is 1.74. The highest BCUT2D eigenvalue weighted by Crippen LogP contribution is 2.27. The standard InChI is InChI=1S/C13H20O5/c14-11(7-6-10-12(18-10)13(15)16)17-8-9-4-2-1-3-5-9/h9-10,12H,1-8H2,(H,15,16). The zero-order chi connectivity index (χ0) is 13.0. The van der Waals surface area contributed by atoms with Gasteiger partial charge in [-0.1, -0.05) is 19.3 Å². The maximum Gasteiger partial charge on any atom is 0.335 e. The summed E-state index contributed by atoms with van der Waals surface area (Å²) in [6.45, 7) is 0.521. The van der Waals surface area contributed by atoms with Gasteiger partial charge >= 0.3 is 11.9 Å². The summed E-state index contributed by atoms with van der Waals surface area (Å²) in [5.74, 6) is -0.664. The molecule has 0 radical (unpaired) electrons. The molecule has 0 aromatic heterocycles. The van der Waals surface area contributed by atoms with E-state index in [1.807, 2.05) is 0 Å². The van der Waals surface area contributed by atoms with E-state index in [0.717, 1.165) is 12.8 Å². The molecule has 2 atom stereocenters. The highest BCUT2D eigenvalue weighted by Gasteiger charge is 2.44. The van der Waals surface area contributed by atoms with E-state index in [-0.39, 0.29) is 18.5 Å². The second-order valence-electron chi connectivity index (χ2n) is 5.16. The molecule has 0 aromatic carbocycles. The molecule has 1 N–H and O–H groups in total. The van der Waals surface area contributed by atoms with Gasteiger partial charge in [-0.3, -0.25) is 4.79 Å². The molecule has 2 rings (SSSR count). The van der Waals surface area contributed by atoms with Crippen LogP contribution in [0.15, 0.2) is 0 Å². The molecule has 2 unspecified atom stereocenters. The number of epoxide rings is 1. The van der Waals surface area contributed by atoms with E-state index in [4.69, 9.17) is 14.6 Å². The molecule has 1 saturated heterocycles. The lowest BCUT2D eigenvalue weighted by molar-refractivity contribution is -0.145. The van der Waals surface area contributed by atoms with Crippen molar-refractivity contribution in [2.45, 2.75) is 57.2 Å². The van der Waals surface area contributed by atoms with E-state index in [1.165, 1.54) is 19.3 Å². The molecule has 1 saturated carbocycles. The van der Waals surface area contributed by atoms with Gasteiger partial charge in [-0.15, -0.1) is 0 Å². The van der Waals surface area contributed by atoms with E-state index in [1.54, 1.807) is 0 Å². The third-order valence-electron chi connectivity index (χ3n) is 3.66. The Morgan fingerprint density at radius 1 is 1.22 bits per heavy atom. The number of esters is 1. The Morgan fingerprint density at radius 3 is 2.56 bits per heavy atom. The van der Waals surface area contributed by atoms with Crippen LogP contribution in [0.4, 0.5) is 0 Å². The fourth-order valence-corrected chi connectivity index (χ4v) is 2.48. The van der Waals surface area contributed by atoms with Gasteiger partial charge in [0.25, 0.3) is 0 Å². The molecule has 2 aliphatic rings. The molecule has 5 nitrogen and oxygen atoms in total. The molecule has 102 valence electrons. The predicted molar refractivity (Wildman–Crippen MR) is 63.1 cm³/mol. The van der Waals surface area contributed by atoms with E-state index in [2.05, 4.69) is 0 Å². The number of rotatable bonds is 6. The fraction of sp³-hybridized carbons (Fsp3) is 0.846. The Bertz CT molecular complexity index is 309. The molecule has 0 amide bonds. The van der Waals surface area contributed by atoms with Crippen LogP contribution in [0.2, 0.25) is 0 Å². The monoisotopic (exact) mass is 256 g/mol. The smallest absolute Gasteiger partial charge is 0.335 e. The molecule has 0 aromatic rings. The molecule has 0 spiro atoms. The third-order valence-corrected chi connectivity index (χ3v) is 3.66. The highest BCUT2D eigenvalue weighted by molar-refractivity contribution is 5.76. The van der Waals surface area contributed by atoms with Crippen molar-refractivity contribution in [3.8, 4) is 0 Å². The van der Waals surface area contributed by atoms with Crippen LogP contribution in [0.1, 0.15) is 44.9 Å². The average Bonchev–Trinajstić information content (AvgIpc) is 3.15. The van der Waals surface area contributed by atoms with Crippen LogP contribution in [0.25, 0.3) is 0 Å². The second-order valence-corrected chi connectivity index (χ2v) is 5.16. The summed E-state index contributed by atoms with van der Waals surface area (Å²) >= 11 is 0. The van der Waals surface area contributed by atoms with E-state index >= 15 is 0 Å². The first kappa shape index (κ1) is 13.3. The van der Waals surface area contributed by atoms with Crippen LogP contribution in [0, 0.1) is 5.92 Å². The molecule has 0 bridgehead atoms. The van der Waals surface area contributed by atoms with Gasteiger partial charge in [-0.2, -0.15) is 0 Å². The maximum absolute atomic E-state index is 11.5. The molecule has 1 aliphatic carbocycles. The Morgan fingerprint density at radius 2 is 1.94 bits per heavy atom. The zero-order valence-electron chi connectivity index (χ0n) is 10.5. The average molecular weight is 256 g/mol. The first-order valence-electron chi connectivity index (χ1n) is 6.70. The van der Waals surface area contributed by atoms with Crippen molar-refractivity contribution < 1.29 is 24.2 Å². The Kier molecular flexibility index (Phi) is 4.58. The summed E-state index contributed by atoms with van der Waals surface area (Å²) < 4.78 is 10.1. The molecular formula is C13H20O5. The minimum absolute atomic E-state index is 0.236. The first-order valence-corrected chi connectivity index (χ1v) is 6.70. The Balaban J connectivity index is 1.54. The minimum atomic E-state index is -0.949. The number of ether oxygens (including phenoxy) is 2. The summed E-state index contributed by atoms with van der Waals surface area (Å²) in [5.41, 5.74) is 0. The summed E-state index contributed by atoms with van der Waals surface area (Å²) in [5, 5.41) is 8.62. The number of carbonyl (C=O) groups is 2. The molecule has 2 fully saturated rings. The van der Waals surface area contributed by atoms with E-state index in [0.29, 0.717) is 18.9 Å². The van der Waals surface area contributed by atoms with Gasteiger partial charge < -0.3 is 14.6 Å². The lowest BCUT2D eigenvalue weighted by Gasteiger charge is -2.20. The van der Waals surface area contributed by atoms with Crippen LogP contribution < -0.4 is 0 Å². The van der Waals surface area contributed by atoms with Gasteiger partial charge in [-0.25, -0.2) is 4.79 Å². The largest absolute Gasteiger partial charge is 0.479 e. The van der Waals surface area contributed by atoms with Gasteiger partial charge in [0.15, 0.2) is 6.10 Å². The molecular weight excluding hydrogens is 236 g/mol. The zero-order valence-corrected chi connectivity index (χ0v) is 10.5. The SMILES string of the molecule is O=C(CCC1OC1C(=O)O)OCC1CCCCC1. The van der Waals surface area contributed by atoms with Gasteiger partial charge in [0.2, 0.25) is 0 Å². The summed E-state index contributed by atoms with van der Waals surface area (Å²) in [4.78, 5) is 22.0. The van der Waals surface area contributed by atoms with Crippen molar-refractivity contribution in [3.05, 3.63) is 0 Å². The van der Waals surface area contributed by atoms with Crippen molar-refractivity contribution in [1.82, 2.24) is 0 Å². The third kappa shape index (κ3) is 3.98. The number of carbonyl (C=O) groups excluding carboxylic acids is 1. The Labute approximate surface area is 106 Å². The van der Waals surface area contributed by atoms with Crippen molar-refractivity contribution in [2.24, 2.45) is 5.92 Å². The number of carboxylic acids is 1. The fourth-order valence-electron chi connectivity index (χ4n) is 2.48. The highest BCUT2D eigenvalue weighted by atomic mass is 16.6.